The van der Waals surface area contributed by atoms with Crippen molar-refractivity contribution in [1.82, 2.24) is 15.0 Å². The predicted molar refractivity (Wildman–Crippen MR) is 75.1 cm³/mol. The van der Waals surface area contributed by atoms with E-state index >= 15 is 0 Å². The van der Waals surface area contributed by atoms with Crippen LogP contribution in [0.5, 0.6) is 5.75 Å². The van der Waals surface area contributed by atoms with Gasteiger partial charge in [-0.3, -0.25) is 0 Å². The number of nitrogens with zero attached hydrogens (tertiary/aromatic N) is 3. The molecule has 0 spiro atoms. The number of esters is 1. The number of ether oxygens (including phenoxy) is 2. The van der Waals surface area contributed by atoms with E-state index in [1.807, 2.05) is 12.1 Å². The van der Waals surface area contributed by atoms with Crippen LogP contribution < -0.4 is 4.74 Å². The average Bonchev–Trinajstić information content (AvgIpc) is 2.91. The summed E-state index contributed by atoms with van der Waals surface area (Å²) in [6.07, 6.45) is 0. The third-order valence-corrected chi connectivity index (χ3v) is 2.88. The summed E-state index contributed by atoms with van der Waals surface area (Å²) in [5.74, 6) is 0.0344. The molecule has 0 unspecified atom stereocenters. The second-order valence-electron chi connectivity index (χ2n) is 4.15. The summed E-state index contributed by atoms with van der Waals surface area (Å²) in [4.78, 5) is 12.0. The molecule has 21 heavy (non-hydrogen) atoms. The molecule has 1 aromatic heterocycles. The Balaban J connectivity index is 2.58. The number of carbonyl (C=O) groups excluding carboxylic acids is 1. The smallest absolute Gasteiger partial charge is 0.361 e. The highest BCUT2D eigenvalue weighted by Gasteiger charge is 2.24. The Kier molecular flexibility index (Phi) is 4.89. The van der Waals surface area contributed by atoms with Gasteiger partial charge in [-0.25, -0.2) is 9.48 Å². The van der Waals surface area contributed by atoms with Crippen molar-refractivity contribution in [2.24, 2.45) is 0 Å². The largest absolute Gasteiger partial charge is 0.496 e. The van der Waals surface area contributed by atoms with Crippen LogP contribution in [0.4, 0.5) is 0 Å². The van der Waals surface area contributed by atoms with Crippen molar-refractivity contribution in [3.05, 3.63) is 30.0 Å². The summed E-state index contributed by atoms with van der Waals surface area (Å²) in [5.41, 5.74) is 1.25. The molecule has 0 fully saturated rings. The van der Waals surface area contributed by atoms with Crippen LogP contribution in [0.2, 0.25) is 0 Å². The van der Waals surface area contributed by atoms with Gasteiger partial charge in [-0.1, -0.05) is 17.3 Å². The second kappa shape index (κ2) is 6.85. The molecule has 7 heteroatoms. The van der Waals surface area contributed by atoms with E-state index in [-0.39, 0.29) is 25.5 Å². The molecule has 0 aliphatic heterocycles. The number of carbonyl (C=O) groups is 1. The first-order valence-electron chi connectivity index (χ1n) is 6.57. The molecule has 2 aromatic rings. The molecule has 1 heterocycles. The van der Waals surface area contributed by atoms with Gasteiger partial charge in [0.2, 0.25) is 0 Å². The van der Waals surface area contributed by atoms with E-state index < -0.39 is 5.97 Å². The SMILES string of the molecule is CCOC(=O)c1nnn(CCO)c1-c1ccccc1OC. The molecule has 0 radical (unpaired) electrons. The van der Waals surface area contributed by atoms with E-state index in [1.165, 1.54) is 4.68 Å². The van der Waals surface area contributed by atoms with Gasteiger partial charge in [-0.15, -0.1) is 5.10 Å². The maximum absolute atomic E-state index is 12.0. The number of hydrogen-bond donors (Lipinski definition) is 1. The quantitative estimate of drug-likeness (QED) is 0.803. The number of hydrogen-bond acceptors (Lipinski definition) is 6. The standard InChI is InChI=1S/C14H17N3O4/c1-3-21-14(19)12-13(17(8-9-18)16-15-12)10-6-4-5-7-11(10)20-2/h4-7,18H,3,8-9H2,1-2H3. The van der Waals surface area contributed by atoms with Gasteiger partial charge < -0.3 is 14.6 Å². The Morgan fingerprint density at radius 3 is 2.81 bits per heavy atom. The van der Waals surface area contributed by atoms with Crippen LogP contribution in [0, 0.1) is 0 Å². The highest BCUT2D eigenvalue weighted by Crippen LogP contribution is 2.31. The topological polar surface area (TPSA) is 86.5 Å². The fourth-order valence-electron chi connectivity index (χ4n) is 2.01. The number of aromatic nitrogens is 3. The van der Waals surface area contributed by atoms with Crippen LogP contribution >= 0.6 is 0 Å². The Morgan fingerprint density at radius 2 is 2.14 bits per heavy atom. The molecule has 0 saturated heterocycles. The van der Waals surface area contributed by atoms with Crippen molar-refractivity contribution in [1.29, 1.82) is 0 Å². The summed E-state index contributed by atoms with van der Waals surface area (Å²) in [5, 5.41) is 16.9. The Morgan fingerprint density at radius 1 is 1.38 bits per heavy atom. The number of methoxy groups -OCH3 is 1. The molecule has 0 amide bonds. The van der Waals surface area contributed by atoms with E-state index in [1.54, 1.807) is 26.2 Å². The van der Waals surface area contributed by atoms with Gasteiger partial charge in [-0.2, -0.15) is 0 Å². The molecule has 0 aliphatic carbocycles. The summed E-state index contributed by atoms with van der Waals surface area (Å²) in [6, 6.07) is 7.23. The summed E-state index contributed by atoms with van der Waals surface area (Å²) < 4.78 is 11.8. The van der Waals surface area contributed by atoms with Crippen molar-refractivity contribution < 1.29 is 19.4 Å². The first kappa shape index (κ1) is 15.0. The number of aliphatic hydroxyl groups is 1. The van der Waals surface area contributed by atoms with Crippen LogP contribution in [0.3, 0.4) is 0 Å². The van der Waals surface area contributed by atoms with E-state index in [2.05, 4.69) is 10.3 Å². The molecular formula is C14H17N3O4. The van der Waals surface area contributed by atoms with Gasteiger partial charge in [0, 0.05) is 5.56 Å². The Bertz CT molecular complexity index is 624. The molecule has 1 N–H and O–H groups in total. The molecule has 0 saturated carbocycles. The first-order valence-corrected chi connectivity index (χ1v) is 6.57. The lowest BCUT2D eigenvalue weighted by Gasteiger charge is -2.10. The normalized spacial score (nSPS) is 10.4. The maximum atomic E-state index is 12.0. The van der Waals surface area contributed by atoms with Crippen molar-refractivity contribution in [2.45, 2.75) is 13.5 Å². The maximum Gasteiger partial charge on any atom is 0.361 e. The lowest BCUT2D eigenvalue weighted by molar-refractivity contribution is 0.0520. The van der Waals surface area contributed by atoms with Crippen LogP contribution in [0.1, 0.15) is 17.4 Å². The minimum Gasteiger partial charge on any atom is -0.496 e. The number of para-hydroxylation sites is 1. The fraction of sp³-hybridized carbons (Fsp3) is 0.357. The number of rotatable bonds is 6. The van der Waals surface area contributed by atoms with E-state index in [4.69, 9.17) is 14.6 Å². The Labute approximate surface area is 122 Å². The third-order valence-electron chi connectivity index (χ3n) is 2.88. The van der Waals surface area contributed by atoms with Crippen LogP contribution in [0.15, 0.2) is 24.3 Å². The fourth-order valence-corrected chi connectivity index (χ4v) is 2.01. The Hall–Kier alpha value is -2.41. The van der Waals surface area contributed by atoms with Crippen molar-refractivity contribution in [3.8, 4) is 17.0 Å². The number of aliphatic hydroxyl groups excluding tert-OH is 1. The van der Waals surface area contributed by atoms with Crippen molar-refractivity contribution in [2.75, 3.05) is 20.3 Å². The molecule has 7 nitrogen and oxygen atoms in total. The van der Waals surface area contributed by atoms with Crippen LogP contribution in [-0.4, -0.2) is 46.4 Å². The molecular weight excluding hydrogens is 274 g/mol. The molecule has 2 rings (SSSR count). The summed E-state index contributed by atoms with van der Waals surface area (Å²) in [7, 11) is 1.54. The van der Waals surface area contributed by atoms with Crippen molar-refractivity contribution >= 4 is 5.97 Å². The minimum atomic E-state index is -0.553. The van der Waals surface area contributed by atoms with Crippen LogP contribution in [0.25, 0.3) is 11.3 Å². The van der Waals surface area contributed by atoms with Crippen LogP contribution in [-0.2, 0) is 11.3 Å². The van der Waals surface area contributed by atoms with E-state index in [0.717, 1.165) is 0 Å². The molecule has 0 aliphatic rings. The summed E-state index contributed by atoms with van der Waals surface area (Å²) >= 11 is 0. The number of benzene rings is 1. The van der Waals surface area contributed by atoms with Crippen molar-refractivity contribution in [3.63, 3.8) is 0 Å². The highest BCUT2D eigenvalue weighted by atomic mass is 16.5. The predicted octanol–water partition coefficient (Wildman–Crippen LogP) is 1.12. The lowest BCUT2D eigenvalue weighted by Crippen LogP contribution is -2.10. The summed E-state index contributed by atoms with van der Waals surface area (Å²) in [6.45, 7) is 2.07. The zero-order chi connectivity index (χ0) is 15.2. The van der Waals surface area contributed by atoms with Gasteiger partial charge >= 0.3 is 5.97 Å². The zero-order valence-electron chi connectivity index (χ0n) is 11.9. The van der Waals surface area contributed by atoms with Gasteiger partial charge in [0.25, 0.3) is 0 Å². The molecule has 0 atom stereocenters. The highest BCUT2D eigenvalue weighted by molar-refractivity contribution is 5.95. The molecule has 1 aromatic carbocycles. The van der Waals surface area contributed by atoms with Gasteiger partial charge in [0.05, 0.1) is 26.9 Å². The van der Waals surface area contributed by atoms with Gasteiger partial charge in [0.15, 0.2) is 5.69 Å². The zero-order valence-corrected chi connectivity index (χ0v) is 11.9. The average molecular weight is 291 g/mol. The van der Waals surface area contributed by atoms with E-state index in [0.29, 0.717) is 17.0 Å². The minimum absolute atomic E-state index is 0.106. The molecule has 112 valence electrons. The first-order chi connectivity index (χ1) is 10.2. The third kappa shape index (κ3) is 3.03. The second-order valence-corrected chi connectivity index (χ2v) is 4.15. The van der Waals surface area contributed by atoms with E-state index in [9.17, 15) is 4.79 Å². The molecule has 0 bridgehead atoms. The van der Waals surface area contributed by atoms with Gasteiger partial charge in [-0.05, 0) is 19.1 Å². The van der Waals surface area contributed by atoms with Gasteiger partial charge in [0.1, 0.15) is 11.4 Å². The lowest BCUT2D eigenvalue weighted by atomic mass is 10.1. The monoisotopic (exact) mass is 291 g/mol.